The Bertz CT molecular complexity index is 894. The summed E-state index contributed by atoms with van der Waals surface area (Å²) >= 11 is 5.88. The number of halogens is 1. The number of methoxy groups -OCH3 is 2. The summed E-state index contributed by atoms with van der Waals surface area (Å²) < 4.78 is 10.2. The van der Waals surface area contributed by atoms with Gasteiger partial charge < -0.3 is 19.6 Å². The largest absolute Gasteiger partial charge is 0.502 e. The predicted molar refractivity (Wildman–Crippen MR) is 93.7 cm³/mol. The van der Waals surface area contributed by atoms with Gasteiger partial charge in [0.05, 0.1) is 20.4 Å². The minimum atomic E-state index is -0.302. The topological polar surface area (TPSA) is 84.4 Å². The van der Waals surface area contributed by atoms with Crippen molar-refractivity contribution in [3.63, 3.8) is 0 Å². The number of benzene rings is 2. The van der Waals surface area contributed by atoms with Gasteiger partial charge in [0.15, 0.2) is 11.5 Å². The molecule has 1 aromatic heterocycles. The van der Waals surface area contributed by atoms with E-state index in [4.69, 9.17) is 21.1 Å². The third-order valence-electron chi connectivity index (χ3n) is 3.68. The van der Waals surface area contributed by atoms with Crippen LogP contribution in [0.25, 0.3) is 11.4 Å². The van der Waals surface area contributed by atoms with Crippen LogP contribution in [0.15, 0.2) is 42.6 Å². The third-order valence-corrected chi connectivity index (χ3v) is 3.93. The maximum absolute atomic E-state index is 12.7. The van der Waals surface area contributed by atoms with Gasteiger partial charge in [0.25, 0.3) is 0 Å². The standard InChI is InChI=1S/C18H15ClN2O4/c1-24-14-7-11(8-15(25-2)17(14)23)16(22)13-9-20-18(21-13)10-3-5-12(19)6-4-10/h3-9,23H,1-2H3,(H,20,21). The highest BCUT2D eigenvalue weighted by Gasteiger charge is 2.18. The molecule has 0 fully saturated rings. The maximum atomic E-state index is 12.7. The second-order valence-corrected chi connectivity index (χ2v) is 5.65. The Kier molecular flexibility index (Phi) is 4.63. The first-order valence-corrected chi connectivity index (χ1v) is 7.72. The lowest BCUT2D eigenvalue weighted by atomic mass is 10.1. The number of rotatable bonds is 5. The number of ketones is 1. The van der Waals surface area contributed by atoms with Gasteiger partial charge >= 0.3 is 0 Å². The molecule has 128 valence electrons. The van der Waals surface area contributed by atoms with E-state index in [2.05, 4.69) is 9.97 Å². The molecule has 3 aromatic rings. The van der Waals surface area contributed by atoms with Crippen molar-refractivity contribution in [2.75, 3.05) is 14.2 Å². The smallest absolute Gasteiger partial charge is 0.211 e. The lowest BCUT2D eigenvalue weighted by Crippen LogP contribution is -2.03. The minimum Gasteiger partial charge on any atom is -0.502 e. The van der Waals surface area contributed by atoms with E-state index in [0.717, 1.165) is 5.56 Å². The highest BCUT2D eigenvalue weighted by molar-refractivity contribution is 6.30. The van der Waals surface area contributed by atoms with Crippen molar-refractivity contribution in [2.45, 2.75) is 0 Å². The number of aromatic nitrogens is 2. The number of carbonyl (C=O) groups excluding carboxylic acids is 1. The zero-order chi connectivity index (χ0) is 18.0. The molecule has 6 nitrogen and oxygen atoms in total. The SMILES string of the molecule is COc1cc(C(=O)c2cnc(-c3ccc(Cl)cc3)[nH]2)cc(OC)c1O. The second kappa shape index (κ2) is 6.86. The predicted octanol–water partition coefficient (Wildman–Crippen LogP) is 3.68. The van der Waals surface area contributed by atoms with E-state index in [9.17, 15) is 9.90 Å². The normalized spacial score (nSPS) is 10.5. The molecule has 0 atom stereocenters. The highest BCUT2D eigenvalue weighted by Crippen LogP contribution is 2.37. The molecule has 1 heterocycles. The zero-order valence-corrected chi connectivity index (χ0v) is 14.3. The lowest BCUT2D eigenvalue weighted by Gasteiger charge is -2.10. The van der Waals surface area contributed by atoms with Crippen molar-refractivity contribution in [3.05, 3.63) is 58.9 Å². The van der Waals surface area contributed by atoms with Crippen LogP contribution in [0.1, 0.15) is 16.1 Å². The molecule has 0 saturated heterocycles. The van der Waals surface area contributed by atoms with Crippen molar-refractivity contribution in [2.24, 2.45) is 0 Å². The first-order valence-electron chi connectivity index (χ1n) is 7.34. The molecule has 0 bridgehead atoms. The van der Waals surface area contributed by atoms with Gasteiger partial charge in [-0.2, -0.15) is 0 Å². The molecule has 0 radical (unpaired) electrons. The van der Waals surface area contributed by atoms with Gasteiger partial charge in [-0.25, -0.2) is 4.98 Å². The Morgan fingerprint density at radius 1 is 1.12 bits per heavy atom. The Morgan fingerprint density at radius 3 is 2.28 bits per heavy atom. The number of nitrogens with zero attached hydrogens (tertiary/aromatic N) is 1. The number of aromatic hydroxyl groups is 1. The van der Waals surface area contributed by atoms with Crippen molar-refractivity contribution in [1.82, 2.24) is 9.97 Å². The first kappa shape index (κ1) is 16.9. The molecule has 25 heavy (non-hydrogen) atoms. The number of phenolic OH excluding ortho intramolecular Hbond substituents is 1. The van der Waals surface area contributed by atoms with E-state index in [-0.39, 0.29) is 23.0 Å². The second-order valence-electron chi connectivity index (χ2n) is 5.21. The van der Waals surface area contributed by atoms with Crippen LogP contribution in [0, 0.1) is 0 Å². The number of hydrogen-bond acceptors (Lipinski definition) is 5. The number of H-pyrrole nitrogens is 1. The fraction of sp³-hybridized carbons (Fsp3) is 0.111. The van der Waals surface area contributed by atoms with Crippen LogP contribution in [-0.2, 0) is 0 Å². The summed E-state index contributed by atoms with van der Waals surface area (Å²) in [6, 6.07) is 10.0. The molecule has 3 rings (SSSR count). The molecule has 0 aliphatic carbocycles. The molecule has 0 unspecified atom stereocenters. The Balaban J connectivity index is 1.95. The van der Waals surface area contributed by atoms with Crippen LogP contribution in [0.2, 0.25) is 5.02 Å². The zero-order valence-electron chi connectivity index (χ0n) is 13.5. The summed E-state index contributed by atoms with van der Waals surface area (Å²) in [5.74, 6) is 0.398. The molecule has 0 aliphatic heterocycles. The molecule has 7 heteroatoms. The van der Waals surface area contributed by atoms with Gasteiger partial charge in [-0.05, 0) is 36.4 Å². The monoisotopic (exact) mass is 358 g/mol. The minimum absolute atomic E-state index is 0.153. The van der Waals surface area contributed by atoms with Crippen LogP contribution in [0.3, 0.4) is 0 Å². The van der Waals surface area contributed by atoms with Gasteiger partial charge in [-0.15, -0.1) is 0 Å². The lowest BCUT2D eigenvalue weighted by molar-refractivity contribution is 0.103. The molecular formula is C18H15ClN2O4. The van der Waals surface area contributed by atoms with E-state index in [1.807, 2.05) is 12.1 Å². The van der Waals surface area contributed by atoms with Gasteiger partial charge in [-0.3, -0.25) is 4.79 Å². The molecular weight excluding hydrogens is 344 g/mol. The molecule has 0 amide bonds. The van der Waals surface area contributed by atoms with Crippen molar-refractivity contribution in [3.8, 4) is 28.6 Å². The summed E-state index contributed by atoms with van der Waals surface area (Å²) in [7, 11) is 2.80. The molecule has 0 spiro atoms. The number of imidazole rings is 1. The van der Waals surface area contributed by atoms with Crippen molar-refractivity contribution in [1.29, 1.82) is 0 Å². The van der Waals surface area contributed by atoms with E-state index < -0.39 is 0 Å². The summed E-state index contributed by atoms with van der Waals surface area (Å²) in [5.41, 5.74) is 1.42. The van der Waals surface area contributed by atoms with E-state index >= 15 is 0 Å². The number of ether oxygens (including phenoxy) is 2. The third kappa shape index (κ3) is 3.29. The van der Waals surface area contributed by atoms with Crippen LogP contribution < -0.4 is 9.47 Å². The summed E-state index contributed by atoms with van der Waals surface area (Å²) in [6.07, 6.45) is 1.46. The maximum Gasteiger partial charge on any atom is 0.211 e. The van der Waals surface area contributed by atoms with Crippen molar-refractivity contribution < 1.29 is 19.4 Å². The van der Waals surface area contributed by atoms with E-state index in [0.29, 0.717) is 22.1 Å². The summed E-state index contributed by atoms with van der Waals surface area (Å²) in [6.45, 7) is 0. The number of phenols is 1. The van der Waals surface area contributed by atoms with Gasteiger partial charge in [0.2, 0.25) is 11.5 Å². The molecule has 2 aromatic carbocycles. The highest BCUT2D eigenvalue weighted by atomic mass is 35.5. The fourth-order valence-electron chi connectivity index (χ4n) is 2.37. The van der Waals surface area contributed by atoms with E-state index in [1.54, 1.807) is 12.1 Å². The number of aromatic amines is 1. The van der Waals surface area contributed by atoms with Gasteiger partial charge in [0.1, 0.15) is 11.5 Å². The average Bonchev–Trinajstić information content (AvgIpc) is 3.12. The van der Waals surface area contributed by atoms with Gasteiger partial charge in [0, 0.05) is 16.1 Å². The number of carbonyl (C=O) groups is 1. The Hall–Kier alpha value is -2.99. The first-order chi connectivity index (χ1) is 12.0. The molecule has 0 aliphatic rings. The van der Waals surface area contributed by atoms with Crippen molar-refractivity contribution >= 4 is 17.4 Å². The van der Waals surface area contributed by atoms with Gasteiger partial charge in [-0.1, -0.05) is 11.6 Å². The molecule has 0 saturated carbocycles. The number of hydrogen-bond donors (Lipinski definition) is 2. The fourth-order valence-corrected chi connectivity index (χ4v) is 2.50. The van der Waals surface area contributed by atoms with Crippen LogP contribution in [-0.4, -0.2) is 35.1 Å². The number of nitrogens with one attached hydrogen (secondary N) is 1. The Labute approximate surface area is 149 Å². The molecule has 2 N–H and O–H groups in total. The Morgan fingerprint density at radius 2 is 1.72 bits per heavy atom. The summed E-state index contributed by atoms with van der Waals surface area (Å²) in [5, 5.41) is 10.6. The summed E-state index contributed by atoms with van der Waals surface area (Å²) in [4.78, 5) is 19.9. The average molecular weight is 359 g/mol. The quantitative estimate of drug-likeness (QED) is 0.679. The van der Waals surface area contributed by atoms with Crippen LogP contribution in [0.4, 0.5) is 0 Å². The van der Waals surface area contributed by atoms with Crippen LogP contribution >= 0.6 is 11.6 Å². The van der Waals surface area contributed by atoms with E-state index in [1.165, 1.54) is 32.5 Å². The van der Waals surface area contributed by atoms with Crippen LogP contribution in [0.5, 0.6) is 17.2 Å².